The largest absolute Gasteiger partial charge is 0.390 e. The summed E-state index contributed by atoms with van der Waals surface area (Å²) < 4.78 is 29.2. The van der Waals surface area contributed by atoms with Gasteiger partial charge in [-0.05, 0) is 48.9 Å². The molecule has 0 saturated carbocycles. The molecule has 0 fully saturated rings. The van der Waals surface area contributed by atoms with Crippen LogP contribution >= 0.6 is 141 Å². The van der Waals surface area contributed by atoms with Gasteiger partial charge in [-0.3, -0.25) is 20.4 Å². The van der Waals surface area contributed by atoms with E-state index in [1.54, 1.807) is 0 Å². The zero-order valence-electron chi connectivity index (χ0n) is 27.4. The van der Waals surface area contributed by atoms with Crippen molar-refractivity contribution in [2.24, 2.45) is 5.41 Å². The van der Waals surface area contributed by atoms with Crippen molar-refractivity contribution in [1.82, 2.24) is 40.8 Å². The number of aliphatic hydroxyl groups excluding tert-OH is 4. The molecular formula is C25H36N8O8S12. The smallest absolute Gasteiger partial charge is 0.177 e. The highest BCUT2D eigenvalue weighted by molar-refractivity contribution is 8.02. The Hall–Kier alpha value is 0.200. The van der Waals surface area contributed by atoms with Gasteiger partial charge in [0.15, 0.2) is 33.2 Å². The van der Waals surface area contributed by atoms with Gasteiger partial charge in [0.2, 0.25) is 0 Å². The molecule has 0 amide bonds. The van der Waals surface area contributed by atoms with Crippen LogP contribution in [0.15, 0.2) is 17.4 Å². The minimum absolute atomic E-state index is 0.0105. The summed E-state index contributed by atoms with van der Waals surface area (Å²) in [6.45, 7) is 0.0702. The van der Waals surface area contributed by atoms with Crippen molar-refractivity contribution in [1.29, 1.82) is 0 Å². The van der Waals surface area contributed by atoms with E-state index < -0.39 is 29.8 Å². The monoisotopic (exact) mass is 960 g/mol. The van der Waals surface area contributed by atoms with E-state index in [1.807, 2.05) is 0 Å². The fraction of sp³-hybridized carbons (Fsp3) is 0.680. The average molecular weight is 961 g/mol. The highest BCUT2D eigenvalue weighted by Gasteiger charge is 2.34. The molecule has 4 aromatic rings. The lowest BCUT2D eigenvalue weighted by molar-refractivity contribution is -0.128. The first kappa shape index (κ1) is 45.9. The van der Waals surface area contributed by atoms with Gasteiger partial charge in [0.1, 0.15) is 0 Å². The fourth-order valence-electron chi connectivity index (χ4n) is 3.87. The van der Waals surface area contributed by atoms with Gasteiger partial charge in [-0.15, -0.1) is 0 Å². The number of hydrogen-bond donors (Lipinski definition) is 8. The molecule has 296 valence electrons. The number of thioether (sulfide) groups is 4. The Morgan fingerprint density at radius 3 is 0.887 bits per heavy atom. The van der Waals surface area contributed by atoms with E-state index in [0.717, 1.165) is 0 Å². The van der Waals surface area contributed by atoms with Gasteiger partial charge in [0.25, 0.3) is 0 Å². The molecule has 0 aromatic carbocycles. The lowest BCUT2D eigenvalue weighted by atomic mass is 9.92. The number of H-pyrrole nitrogens is 4. The van der Waals surface area contributed by atoms with E-state index in [1.165, 1.54) is 92.4 Å². The molecule has 28 heteroatoms. The lowest BCUT2D eigenvalue weighted by Crippen LogP contribution is -2.44. The summed E-state index contributed by atoms with van der Waals surface area (Å²) in [7, 11) is 0. The van der Waals surface area contributed by atoms with Crippen molar-refractivity contribution >= 4 is 141 Å². The maximum atomic E-state index is 10.7. The van der Waals surface area contributed by atoms with E-state index in [4.69, 9.17) is 67.8 Å². The SMILES string of the molecule is OC(COCC(COCC(O)CSc1n[nH]c(=S)s1)(COCC(O)CSc1n[nH]c(=S)s1)COCC(O)CSc1n[nH]c(=S)s1)CSc1n[nH]c(=S)s1. The Balaban J connectivity index is 1.37. The molecule has 0 spiro atoms. The molecule has 0 aliphatic heterocycles. The maximum absolute atomic E-state index is 10.7. The number of aliphatic hydroxyl groups is 4. The molecule has 0 saturated heterocycles. The molecule has 4 atom stereocenters. The first-order valence-electron chi connectivity index (χ1n) is 15.2. The number of ether oxygens (including phenoxy) is 4. The minimum Gasteiger partial charge on any atom is -0.390 e. The Morgan fingerprint density at radius 1 is 0.472 bits per heavy atom. The van der Waals surface area contributed by atoms with Crippen LogP contribution in [0.1, 0.15) is 0 Å². The first-order valence-corrected chi connectivity index (χ1v) is 24.1. The van der Waals surface area contributed by atoms with Crippen LogP contribution in [0.2, 0.25) is 0 Å². The molecule has 0 aliphatic carbocycles. The molecule has 8 N–H and O–H groups in total. The average Bonchev–Trinajstić information content (AvgIpc) is 3.94. The molecule has 0 radical (unpaired) electrons. The normalized spacial score (nSPS) is 15.3. The van der Waals surface area contributed by atoms with Crippen LogP contribution in [-0.4, -0.2) is 161 Å². The molecule has 53 heavy (non-hydrogen) atoms. The highest BCUT2D eigenvalue weighted by Crippen LogP contribution is 2.26. The summed E-state index contributed by atoms with van der Waals surface area (Å²) in [4.78, 5) is 0. The van der Waals surface area contributed by atoms with Crippen LogP contribution in [0.5, 0.6) is 0 Å². The lowest BCUT2D eigenvalue weighted by Gasteiger charge is -2.34. The van der Waals surface area contributed by atoms with Gasteiger partial charge in [0.05, 0.1) is 82.7 Å². The molecule has 0 aliphatic rings. The summed E-state index contributed by atoms with van der Waals surface area (Å²) >= 11 is 31.0. The predicted octanol–water partition coefficient (Wildman–Crippen LogP) is 4.71. The van der Waals surface area contributed by atoms with Gasteiger partial charge in [-0.2, -0.15) is 20.4 Å². The van der Waals surface area contributed by atoms with Crippen molar-refractivity contribution in [2.45, 2.75) is 41.8 Å². The van der Waals surface area contributed by atoms with Crippen LogP contribution in [0.25, 0.3) is 0 Å². The van der Waals surface area contributed by atoms with E-state index in [0.29, 0.717) is 56.2 Å². The van der Waals surface area contributed by atoms with E-state index in [-0.39, 0.29) is 52.9 Å². The maximum Gasteiger partial charge on any atom is 0.177 e. The third-order valence-corrected chi connectivity index (χ3v) is 15.7. The van der Waals surface area contributed by atoms with Crippen LogP contribution in [0, 0.1) is 21.2 Å². The number of hydrogen-bond acceptors (Lipinski definition) is 24. The van der Waals surface area contributed by atoms with Gasteiger partial charge < -0.3 is 39.4 Å². The zero-order valence-corrected chi connectivity index (χ0v) is 37.2. The van der Waals surface area contributed by atoms with E-state index in [9.17, 15) is 20.4 Å². The molecule has 4 unspecified atom stereocenters. The molecule has 4 heterocycles. The summed E-state index contributed by atoms with van der Waals surface area (Å²) in [5.41, 5.74) is -0.967. The van der Waals surface area contributed by atoms with Crippen LogP contribution in [0.3, 0.4) is 0 Å². The summed E-state index contributed by atoms with van der Waals surface area (Å²) in [5, 5.41) is 70.0. The van der Waals surface area contributed by atoms with Crippen molar-refractivity contribution in [3.05, 3.63) is 15.8 Å². The Kier molecular flexibility index (Phi) is 21.5. The highest BCUT2D eigenvalue weighted by atomic mass is 32.2. The van der Waals surface area contributed by atoms with Crippen molar-refractivity contribution in [3.8, 4) is 0 Å². The molecule has 4 rings (SSSR count). The second kappa shape index (κ2) is 24.9. The van der Waals surface area contributed by atoms with Crippen LogP contribution < -0.4 is 0 Å². The number of nitrogens with zero attached hydrogens (tertiary/aromatic N) is 4. The second-order valence-electron chi connectivity index (χ2n) is 10.9. The van der Waals surface area contributed by atoms with Crippen molar-refractivity contribution < 1.29 is 39.4 Å². The third kappa shape index (κ3) is 18.6. The van der Waals surface area contributed by atoms with Gasteiger partial charge in [-0.1, -0.05) is 92.4 Å². The van der Waals surface area contributed by atoms with Crippen LogP contribution in [0.4, 0.5) is 0 Å². The summed E-state index contributed by atoms with van der Waals surface area (Å²) in [6.07, 6.45) is -3.31. The molecule has 16 nitrogen and oxygen atoms in total. The topological polar surface area (TPSA) is 233 Å². The third-order valence-electron chi connectivity index (χ3n) is 6.14. The van der Waals surface area contributed by atoms with Crippen LogP contribution in [-0.2, 0) is 18.9 Å². The zero-order chi connectivity index (χ0) is 38.1. The van der Waals surface area contributed by atoms with E-state index >= 15 is 0 Å². The summed E-state index contributed by atoms with van der Waals surface area (Å²) in [6, 6.07) is 0. The number of nitrogens with one attached hydrogen (secondary N) is 4. The van der Waals surface area contributed by atoms with Gasteiger partial charge in [-0.25, -0.2) is 0 Å². The second-order valence-corrected chi connectivity index (χ2v) is 22.7. The minimum atomic E-state index is -0.967. The molecule has 0 bridgehead atoms. The summed E-state index contributed by atoms with van der Waals surface area (Å²) in [5.74, 6) is 1.28. The first-order chi connectivity index (χ1) is 25.5. The quantitative estimate of drug-likeness (QED) is 0.0285. The molecule has 4 aromatic heterocycles. The number of rotatable bonds is 28. The predicted molar refractivity (Wildman–Crippen MR) is 222 cm³/mol. The Morgan fingerprint density at radius 2 is 0.698 bits per heavy atom. The Labute approximate surface area is 357 Å². The Bertz CT molecular complexity index is 1580. The van der Waals surface area contributed by atoms with E-state index in [2.05, 4.69) is 40.8 Å². The van der Waals surface area contributed by atoms with Crippen molar-refractivity contribution in [2.75, 3.05) is 75.9 Å². The number of aromatic amines is 4. The van der Waals surface area contributed by atoms with Gasteiger partial charge >= 0.3 is 0 Å². The molecular weight excluding hydrogens is 925 g/mol. The van der Waals surface area contributed by atoms with Crippen molar-refractivity contribution in [3.63, 3.8) is 0 Å². The standard InChI is InChI=1S/C25H36N8O8S12/c34-13(5-46-21-30-26-17(42)50-21)1-38-9-25(10-39-2-14(35)6-47-22-31-27-18(43)51-22,11-40-3-15(36)7-48-23-32-28-19(44)52-23)12-41-4-16(37)8-49-24-33-29-20(45)53-24/h13-16,34-37H,1-12H2,(H,26,42)(H,27,43)(H,28,44)(H,29,45). The van der Waals surface area contributed by atoms with Gasteiger partial charge in [0, 0.05) is 23.0 Å². The number of aromatic nitrogens is 8. The fourth-order valence-corrected chi connectivity index (χ4v) is 11.9.